The van der Waals surface area contributed by atoms with Gasteiger partial charge < -0.3 is 0 Å². The molecule has 7 aromatic carbocycles. The second-order valence-electron chi connectivity index (χ2n) is 10.1. The van der Waals surface area contributed by atoms with Gasteiger partial charge >= 0.3 is 0 Å². The number of benzene rings is 7. The quantitative estimate of drug-likeness (QED) is 0.207. The molecule has 8 rings (SSSR count). The molecule has 0 N–H and O–H groups in total. The Balaban J connectivity index is 1.44. The molecular weight excluding hydrogens is 488 g/mol. The molecule has 0 atom stereocenters. The predicted octanol–water partition coefficient (Wildman–Crippen LogP) is 11.4. The summed E-state index contributed by atoms with van der Waals surface area (Å²) in [6.45, 7) is 0. The van der Waals surface area contributed by atoms with Crippen molar-refractivity contribution in [2.24, 2.45) is 0 Å². The Kier molecular flexibility index (Phi) is 5.11. The largest absolute Gasteiger partial charge is 0.135 e. The van der Waals surface area contributed by atoms with Crippen LogP contribution in [0.15, 0.2) is 146 Å². The fourth-order valence-electron chi connectivity index (χ4n) is 6.13. The van der Waals surface area contributed by atoms with Crippen LogP contribution in [0.25, 0.3) is 75.1 Å². The molecule has 0 aliphatic carbocycles. The lowest BCUT2D eigenvalue weighted by molar-refractivity contribution is 1.61. The van der Waals surface area contributed by atoms with E-state index in [2.05, 4.69) is 146 Å². The molecule has 1 aromatic heterocycles. The average Bonchev–Trinajstić information content (AvgIpc) is 3.40. The van der Waals surface area contributed by atoms with E-state index in [0.717, 1.165) is 0 Å². The molecule has 0 aliphatic heterocycles. The summed E-state index contributed by atoms with van der Waals surface area (Å²) >= 11 is 1.90. The van der Waals surface area contributed by atoms with Gasteiger partial charge in [-0.25, -0.2) is 0 Å². The molecule has 1 heterocycles. The molecular formula is C38H24S. The number of fused-ring (bicyclic) bond motifs is 5. The van der Waals surface area contributed by atoms with Crippen molar-refractivity contribution in [3.05, 3.63) is 146 Å². The first-order valence-corrected chi connectivity index (χ1v) is 14.2. The zero-order valence-corrected chi connectivity index (χ0v) is 22.1. The third-order valence-electron chi connectivity index (χ3n) is 7.89. The fourth-order valence-corrected chi connectivity index (χ4v) is 7.36. The van der Waals surface area contributed by atoms with Gasteiger partial charge in [-0.15, -0.1) is 11.3 Å². The molecule has 0 saturated carbocycles. The van der Waals surface area contributed by atoms with Crippen LogP contribution in [0.1, 0.15) is 0 Å². The molecule has 0 radical (unpaired) electrons. The van der Waals surface area contributed by atoms with Gasteiger partial charge in [-0.05, 0) is 55.4 Å². The monoisotopic (exact) mass is 512 g/mol. The van der Waals surface area contributed by atoms with E-state index >= 15 is 0 Å². The SMILES string of the molecule is c1ccc(-c2ccc(-c3c4ccccc4c(-c4cccc5c4sc4ccccc45)c4ccccc34)cc2)cc1. The summed E-state index contributed by atoms with van der Waals surface area (Å²) in [7, 11) is 0. The second kappa shape index (κ2) is 8.94. The second-order valence-corrected chi connectivity index (χ2v) is 11.1. The van der Waals surface area contributed by atoms with Crippen LogP contribution in [0.4, 0.5) is 0 Å². The molecule has 1 heteroatoms. The lowest BCUT2D eigenvalue weighted by Gasteiger charge is -2.18. The molecule has 0 amide bonds. The molecule has 0 aliphatic rings. The lowest BCUT2D eigenvalue weighted by atomic mass is 9.85. The van der Waals surface area contributed by atoms with Gasteiger partial charge in [-0.3, -0.25) is 0 Å². The van der Waals surface area contributed by atoms with Crippen LogP contribution >= 0.6 is 11.3 Å². The lowest BCUT2D eigenvalue weighted by Crippen LogP contribution is -1.91. The molecule has 0 unspecified atom stereocenters. The van der Waals surface area contributed by atoms with E-state index < -0.39 is 0 Å². The van der Waals surface area contributed by atoms with Crippen molar-refractivity contribution in [1.29, 1.82) is 0 Å². The van der Waals surface area contributed by atoms with Crippen LogP contribution in [-0.4, -0.2) is 0 Å². The van der Waals surface area contributed by atoms with Crippen molar-refractivity contribution in [2.45, 2.75) is 0 Å². The summed E-state index contributed by atoms with van der Waals surface area (Å²) in [6, 6.07) is 53.1. The summed E-state index contributed by atoms with van der Waals surface area (Å²) in [4.78, 5) is 0. The Hall–Kier alpha value is -4.72. The van der Waals surface area contributed by atoms with Crippen molar-refractivity contribution in [1.82, 2.24) is 0 Å². The van der Waals surface area contributed by atoms with E-state index in [9.17, 15) is 0 Å². The van der Waals surface area contributed by atoms with E-state index in [1.807, 2.05) is 11.3 Å². The van der Waals surface area contributed by atoms with E-state index in [1.165, 1.54) is 75.1 Å². The van der Waals surface area contributed by atoms with Crippen LogP contribution in [-0.2, 0) is 0 Å². The minimum atomic E-state index is 1.24. The van der Waals surface area contributed by atoms with E-state index in [1.54, 1.807) is 0 Å². The third kappa shape index (κ3) is 3.51. The van der Waals surface area contributed by atoms with E-state index in [0.29, 0.717) is 0 Å². The average molecular weight is 513 g/mol. The van der Waals surface area contributed by atoms with Gasteiger partial charge in [0.25, 0.3) is 0 Å². The normalized spacial score (nSPS) is 11.6. The van der Waals surface area contributed by atoms with Gasteiger partial charge in [-0.2, -0.15) is 0 Å². The van der Waals surface area contributed by atoms with Gasteiger partial charge in [0, 0.05) is 25.7 Å². The number of rotatable bonds is 3. The first-order chi connectivity index (χ1) is 19.4. The Bertz CT molecular complexity index is 2090. The summed E-state index contributed by atoms with van der Waals surface area (Å²) in [5, 5.41) is 7.84. The van der Waals surface area contributed by atoms with Crippen LogP contribution in [0, 0.1) is 0 Å². The van der Waals surface area contributed by atoms with Crippen LogP contribution in [0.2, 0.25) is 0 Å². The highest BCUT2D eigenvalue weighted by molar-refractivity contribution is 7.26. The van der Waals surface area contributed by atoms with Crippen LogP contribution in [0.3, 0.4) is 0 Å². The number of hydrogen-bond acceptors (Lipinski definition) is 1. The smallest absolute Gasteiger partial charge is 0.0434 e. The third-order valence-corrected chi connectivity index (χ3v) is 9.11. The molecule has 0 spiro atoms. The van der Waals surface area contributed by atoms with Gasteiger partial charge in [-0.1, -0.05) is 140 Å². The molecule has 182 valence electrons. The maximum atomic E-state index is 2.31. The van der Waals surface area contributed by atoms with Crippen molar-refractivity contribution >= 4 is 53.1 Å². The number of thiophene rings is 1. The van der Waals surface area contributed by atoms with E-state index in [4.69, 9.17) is 0 Å². The minimum Gasteiger partial charge on any atom is -0.135 e. The van der Waals surface area contributed by atoms with Gasteiger partial charge in [0.05, 0.1) is 0 Å². The molecule has 0 bridgehead atoms. The highest BCUT2D eigenvalue weighted by atomic mass is 32.1. The fraction of sp³-hybridized carbons (Fsp3) is 0. The topological polar surface area (TPSA) is 0 Å². The zero-order valence-electron chi connectivity index (χ0n) is 21.3. The molecule has 0 fully saturated rings. The van der Waals surface area contributed by atoms with Crippen molar-refractivity contribution < 1.29 is 0 Å². The standard InChI is InChI=1S/C38H24S/c1-2-11-25(12-3-1)26-21-23-27(24-22-26)36-29-14-4-6-16-31(29)37(32-17-7-5-15-30(32)36)34-19-10-18-33-28-13-8-9-20-35(28)39-38(33)34/h1-24H. The van der Waals surface area contributed by atoms with Gasteiger partial charge in [0.15, 0.2) is 0 Å². The number of hydrogen-bond donors (Lipinski definition) is 0. The van der Waals surface area contributed by atoms with Crippen molar-refractivity contribution in [3.8, 4) is 33.4 Å². The van der Waals surface area contributed by atoms with Crippen LogP contribution in [0.5, 0.6) is 0 Å². The Morgan fingerprint density at radius 3 is 1.46 bits per heavy atom. The summed E-state index contributed by atoms with van der Waals surface area (Å²) in [5.74, 6) is 0. The maximum absolute atomic E-state index is 2.31. The Labute approximate surface area is 231 Å². The van der Waals surface area contributed by atoms with Crippen molar-refractivity contribution in [3.63, 3.8) is 0 Å². The summed E-state index contributed by atoms with van der Waals surface area (Å²) in [5.41, 5.74) is 7.66. The summed E-state index contributed by atoms with van der Waals surface area (Å²) in [6.07, 6.45) is 0. The van der Waals surface area contributed by atoms with E-state index in [-0.39, 0.29) is 0 Å². The molecule has 0 nitrogen and oxygen atoms in total. The highest BCUT2D eigenvalue weighted by Gasteiger charge is 2.19. The molecule has 39 heavy (non-hydrogen) atoms. The van der Waals surface area contributed by atoms with Gasteiger partial charge in [0.1, 0.15) is 0 Å². The zero-order chi connectivity index (χ0) is 25.8. The predicted molar refractivity (Wildman–Crippen MR) is 171 cm³/mol. The maximum Gasteiger partial charge on any atom is 0.0434 e. The molecule has 0 saturated heterocycles. The van der Waals surface area contributed by atoms with Crippen molar-refractivity contribution in [2.75, 3.05) is 0 Å². The minimum absolute atomic E-state index is 1.24. The first kappa shape index (κ1) is 22.3. The first-order valence-electron chi connectivity index (χ1n) is 13.4. The molecule has 8 aromatic rings. The van der Waals surface area contributed by atoms with Crippen LogP contribution < -0.4 is 0 Å². The summed E-state index contributed by atoms with van der Waals surface area (Å²) < 4.78 is 2.69. The van der Waals surface area contributed by atoms with Gasteiger partial charge in [0.2, 0.25) is 0 Å². The highest BCUT2D eigenvalue weighted by Crippen LogP contribution is 2.47. The Morgan fingerprint density at radius 2 is 0.795 bits per heavy atom. The Morgan fingerprint density at radius 1 is 0.308 bits per heavy atom.